The SMILES string of the molecule is COc1ccc(-c2nnc(SCC(=O)N/N=C/c3cc(OC)c(OC)c(OC)c3)n2-c2ccccc2)cc1OC. The number of aromatic nitrogens is 3. The van der Waals surface area contributed by atoms with Crippen molar-refractivity contribution in [3.05, 3.63) is 66.2 Å². The molecule has 12 heteroatoms. The van der Waals surface area contributed by atoms with Gasteiger partial charge in [-0.3, -0.25) is 9.36 Å². The number of para-hydroxylation sites is 1. The predicted molar refractivity (Wildman–Crippen MR) is 152 cm³/mol. The highest BCUT2D eigenvalue weighted by Gasteiger charge is 2.19. The molecule has 0 fully saturated rings. The highest BCUT2D eigenvalue weighted by molar-refractivity contribution is 7.99. The summed E-state index contributed by atoms with van der Waals surface area (Å²) in [5, 5.41) is 13.4. The van der Waals surface area contributed by atoms with Crippen molar-refractivity contribution in [3.8, 4) is 45.8 Å². The Balaban J connectivity index is 1.51. The topological polar surface area (TPSA) is 118 Å². The Hall–Kier alpha value is -4.71. The minimum Gasteiger partial charge on any atom is -0.493 e. The fourth-order valence-electron chi connectivity index (χ4n) is 3.85. The number of benzene rings is 3. The summed E-state index contributed by atoms with van der Waals surface area (Å²) in [6, 6.07) is 18.6. The quantitative estimate of drug-likeness (QED) is 0.154. The summed E-state index contributed by atoms with van der Waals surface area (Å²) in [6.45, 7) is 0. The van der Waals surface area contributed by atoms with Crippen LogP contribution in [0.3, 0.4) is 0 Å². The molecule has 4 rings (SSSR count). The van der Waals surface area contributed by atoms with Crippen molar-refractivity contribution in [2.24, 2.45) is 5.10 Å². The lowest BCUT2D eigenvalue weighted by Crippen LogP contribution is -2.20. The standard InChI is InChI=1S/C28H29N5O6S/c1-35-21-12-11-19(15-22(21)36-2)27-31-32-28(33(27)20-9-7-6-8-10-20)40-17-25(34)30-29-16-18-13-23(37-3)26(39-5)24(14-18)38-4/h6-16H,17H2,1-5H3,(H,30,34)/b29-16+. The van der Waals surface area contributed by atoms with E-state index in [1.807, 2.05) is 53.1 Å². The second-order valence-electron chi connectivity index (χ2n) is 8.09. The van der Waals surface area contributed by atoms with Crippen LogP contribution in [0.4, 0.5) is 0 Å². The van der Waals surface area contributed by atoms with E-state index in [4.69, 9.17) is 23.7 Å². The Kier molecular flexibility index (Phi) is 9.47. The largest absolute Gasteiger partial charge is 0.493 e. The van der Waals surface area contributed by atoms with Gasteiger partial charge in [-0.15, -0.1) is 10.2 Å². The minimum absolute atomic E-state index is 0.0590. The second-order valence-corrected chi connectivity index (χ2v) is 9.03. The van der Waals surface area contributed by atoms with E-state index in [0.29, 0.717) is 45.3 Å². The number of hydrogen-bond donors (Lipinski definition) is 1. The molecular formula is C28H29N5O6S. The van der Waals surface area contributed by atoms with Crippen molar-refractivity contribution in [1.82, 2.24) is 20.2 Å². The van der Waals surface area contributed by atoms with E-state index in [1.54, 1.807) is 26.4 Å². The number of methoxy groups -OCH3 is 5. The fraction of sp³-hybridized carbons (Fsp3) is 0.214. The molecule has 0 saturated carbocycles. The summed E-state index contributed by atoms with van der Waals surface area (Å²) < 4.78 is 28.8. The third kappa shape index (κ3) is 6.29. The molecule has 3 aromatic carbocycles. The van der Waals surface area contributed by atoms with Crippen LogP contribution in [0.25, 0.3) is 17.1 Å². The number of carbonyl (C=O) groups excluding carboxylic acids is 1. The summed E-state index contributed by atoms with van der Waals surface area (Å²) >= 11 is 1.24. The van der Waals surface area contributed by atoms with E-state index in [0.717, 1.165) is 11.3 Å². The van der Waals surface area contributed by atoms with Gasteiger partial charge in [0.1, 0.15) is 0 Å². The summed E-state index contributed by atoms with van der Waals surface area (Å²) in [4.78, 5) is 12.6. The van der Waals surface area contributed by atoms with Crippen LogP contribution in [-0.2, 0) is 4.79 Å². The molecule has 1 amide bonds. The maximum atomic E-state index is 12.6. The molecule has 0 atom stereocenters. The van der Waals surface area contributed by atoms with Gasteiger partial charge < -0.3 is 23.7 Å². The molecule has 208 valence electrons. The van der Waals surface area contributed by atoms with Crippen molar-refractivity contribution in [1.29, 1.82) is 0 Å². The van der Waals surface area contributed by atoms with E-state index in [-0.39, 0.29) is 11.7 Å². The Morgan fingerprint density at radius 3 is 2.15 bits per heavy atom. The van der Waals surface area contributed by atoms with Gasteiger partial charge in [-0.05, 0) is 42.5 Å². The van der Waals surface area contributed by atoms with E-state index >= 15 is 0 Å². The number of hydrazone groups is 1. The Bertz CT molecular complexity index is 1470. The second kappa shape index (κ2) is 13.4. The molecule has 1 aromatic heterocycles. The van der Waals surface area contributed by atoms with Gasteiger partial charge in [-0.1, -0.05) is 30.0 Å². The molecule has 1 heterocycles. The van der Waals surface area contributed by atoms with E-state index in [2.05, 4.69) is 20.7 Å². The van der Waals surface area contributed by atoms with Gasteiger partial charge in [0.25, 0.3) is 5.91 Å². The molecule has 0 bridgehead atoms. The third-order valence-corrected chi connectivity index (χ3v) is 6.64. The molecule has 0 saturated heterocycles. The molecule has 0 radical (unpaired) electrons. The van der Waals surface area contributed by atoms with Crippen molar-refractivity contribution in [2.45, 2.75) is 5.16 Å². The van der Waals surface area contributed by atoms with E-state index in [9.17, 15) is 4.79 Å². The molecule has 0 aliphatic rings. The van der Waals surface area contributed by atoms with Crippen LogP contribution in [0.15, 0.2) is 70.9 Å². The molecular weight excluding hydrogens is 534 g/mol. The third-order valence-electron chi connectivity index (χ3n) is 5.71. The van der Waals surface area contributed by atoms with Crippen LogP contribution in [0, 0.1) is 0 Å². The highest BCUT2D eigenvalue weighted by Crippen LogP contribution is 2.38. The smallest absolute Gasteiger partial charge is 0.250 e. The number of rotatable bonds is 12. The molecule has 0 spiro atoms. The number of carbonyl (C=O) groups is 1. The van der Waals surface area contributed by atoms with Crippen molar-refractivity contribution in [3.63, 3.8) is 0 Å². The van der Waals surface area contributed by atoms with Crippen LogP contribution in [0.5, 0.6) is 28.7 Å². The number of nitrogens with zero attached hydrogens (tertiary/aromatic N) is 4. The average Bonchev–Trinajstić information content (AvgIpc) is 3.43. The summed E-state index contributed by atoms with van der Waals surface area (Å²) in [5.74, 6) is 2.95. The van der Waals surface area contributed by atoms with E-state index < -0.39 is 0 Å². The number of nitrogens with one attached hydrogen (secondary N) is 1. The first-order chi connectivity index (χ1) is 19.5. The maximum Gasteiger partial charge on any atom is 0.250 e. The number of ether oxygens (including phenoxy) is 5. The normalized spacial score (nSPS) is 10.8. The lowest BCUT2D eigenvalue weighted by Gasteiger charge is -2.12. The van der Waals surface area contributed by atoms with Gasteiger partial charge in [0.15, 0.2) is 34.0 Å². The van der Waals surface area contributed by atoms with Crippen molar-refractivity contribution in [2.75, 3.05) is 41.3 Å². The highest BCUT2D eigenvalue weighted by atomic mass is 32.2. The summed E-state index contributed by atoms with van der Waals surface area (Å²) in [7, 11) is 7.75. The molecule has 1 N–H and O–H groups in total. The van der Waals surface area contributed by atoms with Crippen LogP contribution < -0.4 is 29.1 Å². The monoisotopic (exact) mass is 563 g/mol. The Labute approximate surface area is 236 Å². The van der Waals surface area contributed by atoms with Gasteiger partial charge >= 0.3 is 0 Å². The van der Waals surface area contributed by atoms with Gasteiger partial charge in [-0.2, -0.15) is 5.10 Å². The lowest BCUT2D eigenvalue weighted by atomic mass is 10.2. The zero-order chi connectivity index (χ0) is 28.5. The molecule has 11 nitrogen and oxygen atoms in total. The first-order valence-electron chi connectivity index (χ1n) is 12.0. The first-order valence-corrected chi connectivity index (χ1v) is 13.0. The molecule has 40 heavy (non-hydrogen) atoms. The zero-order valence-corrected chi connectivity index (χ0v) is 23.5. The molecule has 0 aliphatic carbocycles. The number of thioether (sulfide) groups is 1. The molecule has 0 unspecified atom stereocenters. The molecule has 0 aliphatic heterocycles. The zero-order valence-electron chi connectivity index (χ0n) is 22.7. The summed E-state index contributed by atoms with van der Waals surface area (Å²) in [6.07, 6.45) is 1.49. The van der Waals surface area contributed by atoms with Gasteiger partial charge in [0.2, 0.25) is 5.75 Å². The van der Waals surface area contributed by atoms with Gasteiger partial charge in [0, 0.05) is 16.8 Å². The van der Waals surface area contributed by atoms with Gasteiger partial charge in [0.05, 0.1) is 47.5 Å². The molecule has 4 aromatic rings. The summed E-state index contributed by atoms with van der Waals surface area (Å²) in [5.41, 5.74) is 4.82. The lowest BCUT2D eigenvalue weighted by molar-refractivity contribution is -0.118. The van der Waals surface area contributed by atoms with Crippen molar-refractivity contribution >= 4 is 23.9 Å². The predicted octanol–water partition coefficient (Wildman–Crippen LogP) is 4.22. The fourth-order valence-corrected chi connectivity index (χ4v) is 4.60. The Morgan fingerprint density at radius 1 is 0.850 bits per heavy atom. The van der Waals surface area contributed by atoms with Crippen LogP contribution in [0.2, 0.25) is 0 Å². The van der Waals surface area contributed by atoms with Crippen molar-refractivity contribution < 1.29 is 28.5 Å². The average molecular weight is 564 g/mol. The number of hydrogen-bond acceptors (Lipinski definition) is 10. The van der Waals surface area contributed by atoms with Gasteiger partial charge in [-0.25, -0.2) is 5.43 Å². The first kappa shape index (κ1) is 28.3. The van der Waals surface area contributed by atoms with Crippen LogP contribution >= 0.6 is 11.8 Å². The number of amides is 1. The van der Waals surface area contributed by atoms with Crippen LogP contribution in [0.1, 0.15) is 5.56 Å². The minimum atomic E-state index is -0.316. The maximum absolute atomic E-state index is 12.6. The Morgan fingerprint density at radius 2 is 1.52 bits per heavy atom. The van der Waals surface area contributed by atoms with Crippen LogP contribution in [-0.4, -0.2) is 68.2 Å². The van der Waals surface area contributed by atoms with E-state index in [1.165, 1.54) is 39.3 Å².